The van der Waals surface area contributed by atoms with Crippen LogP contribution in [0.2, 0.25) is 0 Å². The molecule has 7 heteroatoms. The van der Waals surface area contributed by atoms with Gasteiger partial charge >= 0.3 is 0 Å². The highest BCUT2D eigenvalue weighted by molar-refractivity contribution is 7.90. The van der Waals surface area contributed by atoms with Crippen molar-refractivity contribution in [2.75, 3.05) is 6.54 Å². The van der Waals surface area contributed by atoms with Crippen molar-refractivity contribution in [1.29, 1.82) is 0 Å². The van der Waals surface area contributed by atoms with Gasteiger partial charge in [0, 0.05) is 6.04 Å². The first kappa shape index (κ1) is 15.5. The van der Waals surface area contributed by atoms with Crippen LogP contribution in [0.15, 0.2) is 29.2 Å². The van der Waals surface area contributed by atoms with E-state index in [0.717, 1.165) is 12.8 Å². The van der Waals surface area contributed by atoms with E-state index < -0.39 is 28.4 Å². The number of amides is 2. The van der Waals surface area contributed by atoms with E-state index in [1.807, 2.05) is 13.8 Å². The van der Waals surface area contributed by atoms with Crippen molar-refractivity contribution in [2.45, 2.75) is 37.6 Å². The van der Waals surface area contributed by atoms with Gasteiger partial charge in [-0.25, -0.2) is 12.7 Å². The fourth-order valence-electron chi connectivity index (χ4n) is 2.34. The third kappa shape index (κ3) is 2.92. The maximum absolute atomic E-state index is 12.3. The van der Waals surface area contributed by atoms with E-state index in [9.17, 15) is 18.0 Å². The van der Waals surface area contributed by atoms with Crippen molar-refractivity contribution < 1.29 is 18.0 Å². The van der Waals surface area contributed by atoms with Crippen LogP contribution in [-0.4, -0.2) is 37.1 Å². The Hall–Kier alpha value is -1.89. The molecule has 0 aliphatic carbocycles. The van der Waals surface area contributed by atoms with Gasteiger partial charge in [-0.15, -0.1) is 0 Å². The number of nitrogens with zero attached hydrogens (tertiary/aromatic N) is 1. The van der Waals surface area contributed by atoms with Crippen LogP contribution in [0, 0.1) is 0 Å². The van der Waals surface area contributed by atoms with Crippen molar-refractivity contribution in [2.24, 2.45) is 0 Å². The van der Waals surface area contributed by atoms with E-state index in [-0.39, 0.29) is 16.5 Å². The minimum Gasteiger partial charge on any atom is -0.352 e. The van der Waals surface area contributed by atoms with E-state index in [1.165, 1.54) is 12.1 Å². The predicted molar refractivity (Wildman–Crippen MR) is 77.2 cm³/mol. The summed E-state index contributed by atoms with van der Waals surface area (Å²) in [7, 11) is -3.92. The molecule has 1 aromatic carbocycles. The molecule has 21 heavy (non-hydrogen) atoms. The van der Waals surface area contributed by atoms with E-state index in [1.54, 1.807) is 12.1 Å². The van der Waals surface area contributed by atoms with Crippen LogP contribution < -0.4 is 5.32 Å². The van der Waals surface area contributed by atoms with E-state index in [4.69, 9.17) is 0 Å². The standard InChI is InChI=1S/C14H18N2O4S/c1-3-6-10(2)15-13(17)9-16-14(18)11-7-4-5-8-12(11)21(16,19)20/h4-5,7-8,10H,3,6,9H2,1-2H3,(H,15,17)/t10-/m0/s1. The third-order valence-electron chi connectivity index (χ3n) is 3.33. The summed E-state index contributed by atoms with van der Waals surface area (Å²) in [5.41, 5.74) is 0.118. The molecule has 6 nitrogen and oxygen atoms in total. The first-order valence-electron chi connectivity index (χ1n) is 6.83. The van der Waals surface area contributed by atoms with Crippen LogP contribution in [-0.2, 0) is 14.8 Å². The molecule has 0 aromatic heterocycles. The number of carbonyl (C=O) groups is 2. The lowest BCUT2D eigenvalue weighted by Crippen LogP contribution is -2.43. The number of rotatable bonds is 5. The second-order valence-electron chi connectivity index (χ2n) is 5.07. The van der Waals surface area contributed by atoms with E-state index in [2.05, 4.69) is 5.32 Å². The molecule has 1 aliphatic heterocycles. The number of hydrogen-bond acceptors (Lipinski definition) is 4. The fraction of sp³-hybridized carbons (Fsp3) is 0.429. The normalized spacial score (nSPS) is 17.4. The fourth-order valence-corrected chi connectivity index (χ4v) is 3.87. The van der Waals surface area contributed by atoms with Crippen LogP contribution in [0.25, 0.3) is 0 Å². The summed E-state index contributed by atoms with van der Waals surface area (Å²) in [5.74, 6) is -1.12. The molecule has 1 N–H and O–H groups in total. The Kier molecular flexibility index (Phi) is 4.32. The van der Waals surface area contributed by atoms with Crippen LogP contribution >= 0.6 is 0 Å². The number of hydrogen-bond donors (Lipinski definition) is 1. The average molecular weight is 310 g/mol. The van der Waals surface area contributed by atoms with E-state index >= 15 is 0 Å². The van der Waals surface area contributed by atoms with Crippen molar-refractivity contribution in [3.63, 3.8) is 0 Å². The molecule has 114 valence electrons. The number of carbonyl (C=O) groups excluding carboxylic acids is 2. The maximum atomic E-state index is 12.3. The molecule has 1 atom stereocenters. The molecule has 0 saturated carbocycles. The zero-order valence-electron chi connectivity index (χ0n) is 12.0. The van der Waals surface area contributed by atoms with Gasteiger partial charge < -0.3 is 5.32 Å². The Morgan fingerprint density at radius 2 is 2.00 bits per heavy atom. The number of sulfonamides is 1. The van der Waals surface area contributed by atoms with Crippen molar-refractivity contribution in [3.8, 4) is 0 Å². The Morgan fingerprint density at radius 1 is 1.33 bits per heavy atom. The SMILES string of the molecule is CCC[C@H](C)NC(=O)CN1C(=O)c2ccccc2S1(=O)=O. The summed E-state index contributed by atoms with van der Waals surface area (Å²) in [6.45, 7) is 3.36. The van der Waals surface area contributed by atoms with Gasteiger partial charge in [0.15, 0.2) is 0 Å². The lowest BCUT2D eigenvalue weighted by atomic mass is 10.2. The van der Waals surface area contributed by atoms with Crippen LogP contribution in [0.1, 0.15) is 37.0 Å². The number of nitrogens with one attached hydrogen (secondary N) is 1. The molecule has 0 radical (unpaired) electrons. The predicted octanol–water partition coefficient (Wildman–Crippen LogP) is 1.14. The minimum atomic E-state index is -3.92. The third-order valence-corrected chi connectivity index (χ3v) is 5.12. The highest BCUT2D eigenvalue weighted by Crippen LogP contribution is 2.29. The Bertz CT molecular complexity index is 669. The van der Waals surface area contributed by atoms with Crippen LogP contribution in [0.5, 0.6) is 0 Å². The van der Waals surface area contributed by atoms with Crippen molar-refractivity contribution in [1.82, 2.24) is 9.62 Å². The van der Waals surface area contributed by atoms with Crippen molar-refractivity contribution >= 4 is 21.8 Å². The van der Waals surface area contributed by atoms with Crippen LogP contribution in [0.3, 0.4) is 0 Å². The summed E-state index contributed by atoms with van der Waals surface area (Å²) >= 11 is 0. The molecule has 0 fully saturated rings. The summed E-state index contributed by atoms with van der Waals surface area (Å²) in [6, 6.07) is 5.92. The van der Waals surface area contributed by atoms with Gasteiger partial charge in [0.25, 0.3) is 15.9 Å². The average Bonchev–Trinajstić information content (AvgIpc) is 2.61. The summed E-state index contributed by atoms with van der Waals surface area (Å²) < 4.78 is 25.2. The molecule has 0 bridgehead atoms. The number of benzene rings is 1. The molecule has 2 amide bonds. The molecular formula is C14H18N2O4S. The molecule has 1 aromatic rings. The molecule has 1 heterocycles. The van der Waals surface area contributed by atoms with Gasteiger partial charge in [-0.1, -0.05) is 25.5 Å². The first-order valence-corrected chi connectivity index (χ1v) is 8.27. The zero-order valence-corrected chi connectivity index (χ0v) is 12.8. The summed E-state index contributed by atoms with van der Waals surface area (Å²) in [5, 5.41) is 2.70. The van der Waals surface area contributed by atoms with Crippen molar-refractivity contribution in [3.05, 3.63) is 29.8 Å². The highest BCUT2D eigenvalue weighted by Gasteiger charge is 2.41. The van der Waals surface area contributed by atoms with Gasteiger partial charge in [-0.3, -0.25) is 9.59 Å². The molecule has 0 unspecified atom stereocenters. The van der Waals surface area contributed by atoms with Gasteiger partial charge in [0.1, 0.15) is 11.4 Å². The van der Waals surface area contributed by atoms with Crippen LogP contribution in [0.4, 0.5) is 0 Å². The topological polar surface area (TPSA) is 83.6 Å². The second kappa shape index (κ2) is 5.85. The minimum absolute atomic E-state index is 0.0376. The molecule has 0 spiro atoms. The lowest BCUT2D eigenvalue weighted by Gasteiger charge is -2.17. The quantitative estimate of drug-likeness (QED) is 0.884. The molecule has 1 aliphatic rings. The monoisotopic (exact) mass is 310 g/mol. The molecule has 0 saturated heterocycles. The Labute approximate surface area is 124 Å². The number of fused-ring (bicyclic) bond motifs is 1. The molecular weight excluding hydrogens is 292 g/mol. The zero-order chi connectivity index (χ0) is 15.6. The maximum Gasteiger partial charge on any atom is 0.269 e. The van der Waals surface area contributed by atoms with Gasteiger partial charge in [-0.05, 0) is 25.5 Å². The van der Waals surface area contributed by atoms with Gasteiger partial charge in [0.05, 0.1) is 5.56 Å². The second-order valence-corrected chi connectivity index (χ2v) is 6.90. The first-order chi connectivity index (χ1) is 9.87. The Morgan fingerprint density at radius 3 is 2.62 bits per heavy atom. The summed E-state index contributed by atoms with van der Waals surface area (Å²) in [6.07, 6.45) is 1.71. The highest BCUT2D eigenvalue weighted by atomic mass is 32.2. The smallest absolute Gasteiger partial charge is 0.269 e. The van der Waals surface area contributed by atoms with E-state index in [0.29, 0.717) is 4.31 Å². The largest absolute Gasteiger partial charge is 0.352 e. The van der Waals surface area contributed by atoms with Gasteiger partial charge in [-0.2, -0.15) is 0 Å². The summed E-state index contributed by atoms with van der Waals surface area (Å²) in [4.78, 5) is 24.0. The Balaban J connectivity index is 2.16. The molecule has 2 rings (SSSR count). The lowest BCUT2D eigenvalue weighted by molar-refractivity contribution is -0.121. The van der Waals surface area contributed by atoms with Gasteiger partial charge in [0.2, 0.25) is 5.91 Å².